The summed E-state index contributed by atoms with van der Waals surface area (Å²) in [4.78, 5) is 17.0. The van der Waals surface area contributed by atoms with Crippen LogP contribution >= 0.6 is 8.25 Å². The van der Waals surface area contributed by atoms with Gasteiger partial charge in [0.2, 0.25) is 0 Å². The molecule has 0 fully saturated rings. The average molecular weight is 326 g/mol. The van der Waals surface area contributed by atoms with Gasteiger partial charge in [0.1, 0.15) is 0 Å². The van der Waals surface area contributed by atoms with Crippen LogP contribution in [0.25, 0.3) is 0 Å². The molecule has 112 valence electrons. The minimum absolute atomic E-state index is 0. The Morgan fingerprint density at radius 2 is 1.05 bits per heavy atom. The van der Waals surface area contributed by atoms with E-state index in [1.54, 1.807) is 0 Å². The van der Waals surface area contributed by atoms with Crippen molar-refractivity contribution in [3.05, 3.63) is 52.6 Å². The predicted molar refractivity (Wildman–Crippen MR) is 81.1 cm³/mol. The van der Waals surface area contributed by atoms with Crippen molar-refractivity contribution >= 4 is 8.25 Å². The van der Waals surface area contributed by atoms with E-state index in [0.717, 1.165) is 12.8 Å². The molecule has 0 aromatic carbocycles. The third kappa shape index (κ3) is 381. The Hall–Kier alpha value is 1.03. The molecule has 20 heavy (non-hydrogen) atoms. The third-order valence-corrected chi connectivity index (χ3v) is 0.622. The fourth-order valence-electron chi connectivity index (χ4n) is 0.333. The molecule has 0 spiro atoms. The maximum atomic E-state index is 8.52. The van der Waals surface area contributed by atoms with E-state index in [1.165, 1.54) is 0 Å². The van der Waals surface area contributed by atoms with E-state index in [1.807, 2.05) is 0 Å². The van der Waals surface area contributed by atoms with Crippen molar-refractivity contribution in [2.75, 3.05) is 0 Å². The van der Waals surface area contributed by atoms with Gasteiger partial charge in [-0.05, 0) is 6.42 Å². The molecule has 0 aliphatic heterocycles. The summed E-state index contributed by atoms with van der Waals surface area (Å²) in [6, 6.07) is 0. The van der Waals surface area contributed by atoms with Crippen LogP contribution in [0.15, 0.2) is 52.6 Å². The second kappa shape index (κ2) is 89.0. The zero-order valence-corrected chi connectivity index (χ0v) is 18.5. The fourth-order valence-corrected chi connectivity index (χ4v) is 0.333. The first-order valence-electron chi connectivity index (χ1n) is 4.89. The van der Waals surface area contributed by atoms with Crippen LogP contribution < -0.4 is 80.4 Å². The summed E-state index contributed by atoms with van der Waals surface area (Å²) in [5.74, 6) is 0. The van der Waals surface area contributed by atoms with Gasteiger partial charge in [-0.25, -0.2) is 0 Å². The maximum absolute atomic E-state index is 8.52. The van der Waals surface area contributed by atoms with E-state index >= 15 is 0 Å². The first-order valence-corrected chi connectivity index (χ1v) is 6.12. The van der Waals surface area contributed by atoms with E-state index in [2.05, 4.69) is 59.6 Å². The van der Waals surface area contributed by atoms with Crippen LogP contribution in [-0.2, 0) is 4.57 Å². The van der Waals surface area contributed by atoms with Crippen molar-refractivity contribution in [3.8, 4) is 0 Å². The third-order valence-electron chi connectivity index (χ3n) is 0.622. The molecule has 0 aromatic rings. The van der Waals surface area contributed by atoms with Crippen molar-refractivity contribution < 1.29 is 73.5 Å². The van der Waals surface area contributed by atoms with Gasteiger partial charge in [0.25, 0.3) is 0 Å². The summed E-state index contributed by atoms with van der Waals surface area (Å²) in [6.07, 6.45) is 1.91. The average Bonchev–Trinajstić information content (AvgIpc) is 2.38. The molecule has 5 nitrogen and oxygen atoms in total. The van der Waals surface area contributed by atoms with Gasteiger partial charge < -0.3 is 25.8 Å². The normalized spacial score (nSPS) is 5.55. The topological polar surface area (TPSA) is 115 Å². The maximum Gasteiger partial charge on any atom is 1.00 e. The van der Waals surface area contributed by atoms with Gasteiger partial charge in [0.15, 0.2) is 0 Å². The summed E-state index contributed by atoms with van der Waals surface area (Å²) in [5.41, 5.74) is 10.4. The van der Waals surface area contributed by atoms with E-state index < -0.39 is 8.25 Å². The molecule has 0 saturated carbocycles. The second-order valence-corrected chi connectivity index (χ2v) is 2.20. The van der Waals surface area contributed by atoms with Crippen LogP contribution in [0.4, 0.5) is 0 Å². The Bertz CT molecular complexity index is 134. The molecule has 0 bridgehead atoms. The van der Waals surface area contributed by atoms with Gasteiger partial charge in [-0.1, -0.05) is 21.6 Å². The van der Waals surface area contributed by atoms with Gasteiger partial charge in [0.05, 0.1) is 6.17 Å². The Morgan fingerprint density at radius 1 is 0.900 bits per heavy atom. The molecule has 0 saturated heterocycles. The van der Waals surface area contributed by atoms with Gasteiger partial charge in [-0.2, -0.15) is 0 Å². The number of hydrogen-bond acceptors (Lipinski definition) is 5. The summed E-state index contributed by atoms with van der Waals surface area (Å²) in [6.45, 7) is 26.1. The van der Waals surface area contributed by atoms with Crippen molar-refractivity contribution in [3.63, 3.8) is 0 Å². The standard InChI is InChI=1S/C4H12N2.4C2H4.2Na.H3O3P/c1-2-3-4(5)6;4*1-2;;;1-4(2)3/h4H,2-3,5-6H2,1H3;4*1-2H2;;;4H,(H2,1,2,3)/q;;;;;2*+1;/p-2. The first kappa shape index (κ1) is 49.7. The molecule has 0 heterocycles. The summed E-state index contributed by atoms with van der Waals surface area (Å²) < 4.78 is 8.52. The van der Waals surface area contributed by atoms with Crippen LogP contribution in [0, 0.1) is 0 Å². The van der Waals surface area contributed by atoms with E-state index in [4.69, 9.17) is 25.8 Å². The Balaban J connectivity index is -0.0000000153. The van der Waals surface area contributed by atoms with Gasteiger partial charge in [0, 0.05) is 0 Å². The van der Waals surface area contributed by atoms with Crippen molar-refractivity contribution in [2.24, 2.45) is 11.5 Å². The SMILES string of the molecule is C=C.C=C.C=C.C=C.CCCC(N)N.O=[PH]([O-])[O-].[Na+].[Na+]. The molecule has 0 aromatic heterocycles. The van der Waals surface area contributed by atoms with E-state index in [9.17, 15) is 0 Å². The number of hydrogen-bond donors (Lipinski definition) is 2. The van der Waals surface area contributed by atoms with Crippen LogP contribution in [-0.4, -0.2) is 6.17 Å². The quantitative estimate of drug-likeness (QED) is 0.229. The van der Waals surface area contributed by atoms with Gasteiger partial charge in [-0.3, -0.25) is 0 Å². The molecular formula is C12H29N2Na2O3P. The van der Waals surface area contributed by atoms with Gasteiger partial charge in [-0.15, -0.1) is 52.6 Å². The molecule has 0 radical (unpaired) electrons. The van der Waals surface area contributed by atoms with Gasteiger partial charge >= 0.3 is 59.1 Å². The monoisotopic (exact) mass is 326 g/mol. The molecule has 0 unspecified atom stereocenters. The van der Waals surface area contributed by atoms with Crippen LogP contribution in [0.1, 0.15) is 19.8 Å². The summed E-state index contributed by atoms with van der Waals surface area (Å²) >= 11 is 0. The van der Waals surface area contributed by atoms with Crippen LogP contribution in [0.5, 0.6) is 0 Å². The molecular weight excluding hydrogens is 297 g/mol. The molecule has 4 N–H and O–H groups in total. The molecule has 8 heteroatoms. The van der Waals surface area contributed by atoms with E-state index in [0.29, 0.717) is 0 Å². The smallest absolute Gasteiger partial charge is 0.813 e. The number of rotatable bonds is 2. The molecule has 0 amide bonds. The second-order valence-electron chi connectivity index (χ2n) is 1.70. The first-order chi connectivity index (χ1) is 8.50. The molecule has 0 rings (SSSR count). The van der Waals surface area contributed by atoms with Crippen LogP contribution in [0.2, 0.25) is 0 Å². The summed E-state index contributed by atoms with van der Waals surface area (Å²) in [7, 11) is -3.63. The zero-order chi connectivity index (χ0) is 16.6. The van der Waals surface area contributed by atoms with Crippen molar-refractivity contribution in [1.29, 1.82) is 0 Å². The molecule has 0 atom stereocenters. The Morgan fingerprint density at radius 3 is 1.05 bits per heavy atom. The van der Waals surface area contributed by atoms with Crippen molar-refractivity contribution in [2.45, 2.75) is 25.9 Å². The minimum atomic E-state index is -3.63. The zero-order valence-electron chi connectivity index (χ0n) is 13.5. The summed E-state index contributed by atoms with van der Waals surface area (Å²) in [5, 5.41) is 0. The largest absolute Gasteiger partial charge is 1.00 e. The fraction of sp³-hybridized carbons (Fsp3) is 0.333. The molecule has 0 aliphatic carbocycles. The van der Waals surface area contributed by atoms with Crippen molar-refractivity contribution in [1.82, 2.24) is 0 Å². The number of nitrogens with two attached hydrogens (primary N) is 2. The minimum Gasteiger partial charge on any atom is -0.813 e. The van der Waals surface area contributed by atoms with Crippen LogP contribution in [0.3, 0.4) is 0 Å². The molecule has 0 aliphatic rings. The van der Waals surface area contributed by atoms with E-state index in [-0.39, 0.29) is 65.3 Å². The Kier molecular flexibility index (Phi) is 221. The predicted octanol–water partition coefficient (Wildman–Crippen LogP) is -4.66. The Labute approximate surface area is 170 Å².